The molecule has 0 saturated carbocycles. The largest absolute Gasteiger partial charge is 0.294 e. The zero-order valence-corrected chi connectivity index (χ0v) is 14.7. The maximum absolute atomic E-state index is 11.8. The van der Waals surface area contributed by atoms with E-state index in [1.165, 1.54) is 24.2 Å². The van der Waals surface area contributed by atoms with Crippen LogP contribution in [0.4, 0.5) is 0 Å². The number of ketones is 1. The molecule has 2 heterocycles. The van der Waals surface area contributed by atoms with Gasteiger partial charge in [0.05, 0.1) is 0 Å². The fourth-order valence-corrected chi connectivity index (χ4v) is 3.91. The van der Waals surface area contributed by atoms with Gasteiger partial charge in [-0.05, 0) is 54.2 Å². The molecule has 0 spiro atoms. The van der Waals surface area contributed by atoms with Crippen LogP contribution in [0.25, 0.3) is 0 Å². The summed E-state index contributed by atoms with van der Waals surface area (Å²) in [4.78, 5) is 28.3. The van der Waals surface area contributed by atoms with Crippen LogP contribution in [0, 0.1) is 11.8 Å². The van der Waals surface area contributed by atoms with Gasteiger partial charge in [0, 0.05) is 28.6 Å². The smallest absolute Gasteiger partial charge is 0.194 e. The summed E-state index contributed by atoms with van der Waals surface area (Å²) in [6.07, 6.45) is 2.08. The molecule has 3 rings (SSSR count). The van der Waals surface area contributed by atoms with Crippen LogP contribution in [0.2, 0.25) is 0 Å². The van der Waals surface area contributed by atoms with E-state index in [1.54, 1.807) is 18.3 Å². The minimum atomic E-state index is -0.170. The average molecular weight is 335 g/mol. The van der Waals surface area contributed by atoms with E-state index in [0.717, 1.165) is 10.5 Å². The zero-order valence-electron chi connectivity index (χ0n) is 13.8. The van der Waals surface area contributed by atoms with Gasteiger partial charge in [0.25, 0.3) is 0 Å². The third-order valence-corrected chi connectivity index (χ3v) is 4.97. The van der Waals surface area contributed by atoms with Crippen molar-refractivity contribution in [1.29, 1.82) is 0 Å². The molecule has 0 radical (unpaired) electrons. The van der Waals surface area contributed by atoms with E-state index < -0.39 is 0 Å². The number of aromatic nitrogens is 1. The van der Waals surface area contributed by atoms with Gasteiger partial charge in [-0.1, -0.05) is 31.5 Å². The van der Waals surface area contributed by atoms with Gasteiger partial charge in [-0.25, -0.2) is 4.98 Å². The van der Waals surface area contributed by atoms with Crippen LogP contribution in [0.15, 0.2) is 41.4 Å². The van der Waals surface area contributed by atoms with Gasteiger partial charge in [-0.15, -0.1) is 0 Å². The number of hydrogen-bond donors (Lipinski definition) is 0. The second-order valence-electron chi connectivity index (χ2n) is 6.48. The topological polar surface area (TPSA) is 47.0 Å². The van der Waals surface area contributed by atoms with Crippen molar-refractivity contribution in [3.05, 3.63) is 58.9 Å². The summed E-state index contributed by atoms with van der Waals surface area (Å²) >= 11 is 1.31. The molecular weight excluding hydrogens is 318 g/mol. The molecule has 1 aromatic heterocycles. The summed E-state index contributed by atoms with van der Waals surface area (Å²) in [7, 11) is 0. The number of fused-ring (bicyclic) bond motifs is 1. The molecule has 1 aromatic carbocycles. The van der Waals surface area contributed by atoms with Crippen LogP contribution >= 0.6 is 11.8 Å². The van der Waals surface area contributed by atoms with Crippen LogP contribution in [0.5, 0.6) is 0 Å². The molecular formula is C20H17NO2S. The number of pyridine rings is 1. The second kappa shape index (κ2) is 6.26. The van der Waals surface area contributed by atoms with Gasteiger partial charge in [-0.3, -0.25) is 9.59 Å². The molecule has 0 amide bonds. The van der Waals surface area contributed by atoms with Crippen LogP contribution in [0.1, 0.15) is 54.4 Å². The molecule has 2 aromatic rings. The van der Waals surface area contributed by atoms with Crippen LogP contribution in [0.3, 0.4) is 0 Å². The van der Waals surface area contributed by atoms with E-state index >= 15 is 0 Å². The first-order chi connectivity index (χ1) is 11.3. The summed E-state index contributed by atoms with van der Waals surface area (Å²) in [5.41, 5.74) is 3.10. The van der Waals surface area contributed by atoms with E-state index in [2.05, 4.69) is 36.7 Å². The lowest BCUT2D eigenvalue weighted by Gasteiger charge is -2.30. The Balaban J connectivity index is 1.90. The lowest BCUT2D eigenvalue weighted by molar-refractivity contribution is -0.112. The number of rotatable bonds is 1. The second-order valence-corrected chi connectivity index (χ2v) is 7.58. The fraction of sp³-hybridized carbons (Fsp3) is 0.250. The molecule has 120 valence electrons. The SMILES string of the molecule is CC(=O)c1ccc(C#Cc2ccc3c(c2)C(C)(C)CC(=O)S3)nc1. The van der Waals surface area contributed by atoms with E-state index in [1.807, 2.05) is 12.1 Å². The molecule has 0 bridgehead atoms. The van der Waals surface area contributed by atoms with E-state index in [9.17, 15) is 9.59 Å². The molecule has 0 N–H and O–H groups in total. The number of Topliss-reactive ketones (excluding diaryl/α,β-unsaturated/α-hetero) is 1. The molecule has 0 aliphatic carbocycles. The first kappa shape index (κ1) is 16.5. The minimum Gasteiger partial charge on any atom is -0.294 e. The molecule has 0 saturated heterocycles. The van der Waals surface area contributed by atoms with Gasteiger partial charge >= 0.3 is 0 Å². The van der Waals surface area contributed by atoms with Crippen molar-refractivity contribution >= 4 is 22.7 Å². The van der Waals surface area contributed by atoms with Gasteiger partial charge in [0.1, 0.15) is 5.69 Å². The molecule has 24 heavy (non-hydrogen) atoms. The van der Waals surface area contributed by atoms with E-state index in [-0.39, 0.29) is 16.3 Å². The van der Waals surface area contributed by atoms with Gasteiger partial charge in [-0.2, -0.15) is 0 Å². The van der Waals surface area contributed by atoms with Crippen molar-refractivity contribution in [2.45, 2.75) is 37.5 Å². The molecule has 0 unspecified atom stereocenters. The Hall–Kier alpha value is -2.38. The van der Waals surface area contributed by atoms with Crippen LogP contribution in [-0.4, -0.2) is 15.9 Å². The number of hydrogen-bond acceptors (Lipinski definition) is 4. The highest BCUT2D eigenvalue weighted by molar-refractivity contribution is 8.13. The van der Waals surface area contributed by atoms with Crippen molar-refractivity contribution in [3.8, 4) is 11.8 Å². The third kappa shape index (κ3) is 3.42. The Labute approximate surface area is 145 Å². The first-order valence-corrected chi connectivity index (χ1v) is 8.51. The number of nitrogens with zero attached hydrogens (tertiary/aromatic N) is 1. The average Bonchev–Trinajstić information content (AvgIpc) is 2.52. The Bertz CT molecular complexity index is 886. The third-order valence-electron chi connectivity index (χ3n) is 4.02. The predicted molar refractivity (Wildman–Crippen MR) is 95.2 cm³/mol. The van der Waals surface area contributed by atoms with Crippen molar-refractivity contribution < 1.29 is 9.59 Å². The van der Waals surface area contributed by atoms with Crippen LogP contribution in [-0.2, 0) is 10.2 Å². The quantitative estimate of drug-likeness (QED) is 0.584. The summed E-state index contributed by atoms with van der Waals surface area (Å²) in [6.45, 7) is 5.69. The van der Waals surface area contributed by atoms with Crippen molar-refractivity contribution in [2.75, 3.05) is 0 Å². The number of carbonyl (C=O) groups is 2. The number of benzene rings is 1. The normalized spacial score (nSPS) is 15.2. The molecule has 3 nitrogen and oxygen atoms in total. The Kier molecular flexibility index (Phi) is 4.29. The number of thioether (sulfide) groups is 1. The molecule has 0 atom stereocenters. The summed E-state index contributed by atoms with van der Waals surface area (Å²) < 4.78 is 0. The minimum absolute atomic E-state index is 0.00836. The van der Waals surface area contributed by atoms with Gasteiger partial charge in [0.2, 0.25) is 0 Å². The molecule has 1 aliphatic rings. The molecule has 4 heteroatoms. The molecule has 0 fully saturated rings. The monoisotopic (exact) mass is 335 g/mol. The highest BCUT2D eigenvalue weighted by Gasteiger charge is 2.32. The van der Waals surface area contributed by atoms with Crippen molar-refractivity contribution in [1.82, 2.24) is 4.98 Å². The Morgan fingerprint density at radius 1 is 1.21 bits per heavy atom. The highest BCUT2D eigenvalue weighted by atomic mass is 32.2. The highest BCUT2D eigenvalue weighted by Crippen LogP contribution is 2.42. The zero-order chi connectivity index (χ0) is 17.3. The van der Waals surface area contributed by atoms with Crippen molar-refractivity contribution in [2.24, 2.45) is 0 Å². The van der Waals surface area contributed by atoms with Crippen LogP contribution < -0.4 is 0 Å². The van der Waals surface area contributed by atoms with Gasteiger partial charge < -0.3 is 0 Å². The Morgan fingerprint density at radius 2 is 2.00 bits per heavy atom. The summed E-state index contributed by atoms with van der Waals surface area (Å²) in [6, 6.07) is 9.44. The maximum Gasteiger partial charge on any atom is 0.194 e. The maximum atomic E-state index is 11.8. The first-order valence-electron chi connectivity index (χ1n) is 7.69. The Morgan fingerprint density at radius 3 is 2.67 bits per heavy atom. The summed E-state index contributed by atoms with van der Waals surface area (Å²) in [5.74, 6) is 6.13. The standard InChI is InChI=1S/C20H17NO2S/c1-13(22)15-6-8-16(21-12-15)7-4-14-5-9-18-17(10-14)20(2,3)11-19(23)24-18/h5-6,8-10,12H,11H2,1-3H3. The lowest BCUT2D eigenvalue weighted by atomic mass is 9.81. The summed E-state index contributed by atoms with van der Waals surface area (Å²) in [5, 5.41) is 0.209. The lowest BCUT2D eigenvalue weighted by Crippen LogP contribution is -2.25. The van der Waals surface area contributed by atoms with E-state index in [4.69, 9.17) is 0 Å². The van der Waals surface area contributed by atoms with E-state index in [0.29, 0.717) is 17.7 Å². The van der Waals surface area contributed by atoms with Crippen molar-refractivity contribution in [3.63, 3.8) is 0 Å². The fourth-order valence-electron chi connectivity index (χ4n) is 2.65. The number of carbonyl (C=O) groups excluding carboxylic acids is 2. The predicted octanol–water partition coefficient (Wildman–Crippen LogP) is 3.98. The van der Waals surface area contributed by atoms with Gasteiger partial charge in [0.15, 0.2) is 10.9 Å². The molecule has 1 aliphatic heterocycles.